The highest BCUT2D eigenvalue weighted by Crippen LogP contribution is 2.29. The van der Waals surface area contributed by atoms with Gasteiger partial charge in [-0.1, -0.05) is 25.7 Å². The van der Waals surface area contributed by atoms with Crippen LogP contribution in [0.1, 0.15) is 44.1 Å². The highest BCUT2D eigenvalue weighted by Gasteiger charge is 2.17. The van der Waals surface area contributed by atoms with E-state index in [4.69, 9.17) is 10.7 Å². The number of rotatable bonds is 5. The molecule has 1 aromatic rings. The van der Waals surface area contributed by atoms with Gasteiger partial charge in [-0.3, -0.25) is 4.79 Å². The van der Waals surface area contributed by atoms with E-state index < -0.39 is 9.05 Å². The van der Waals surface area contributed by atoms with Crippen molar-refractivity contribution in [2.45, 2.75) is 50.3 Å². The smallest absolute Gasteiger partial charge is 0.261 e. The zero-order valence-electron chi connectivity index (χ0n) is 12.1. The summed E-state index contributed by atoms with van der Waals surface area (Å²) < 4.78 is 22.5. The molecule has 116 valence electrons. The van der Waals surface area contributed by atoms with Crippen molar-refractivity contribution in [2.75, 3.05) is 5.32 Å². The van der Waals surface area contributed by atoms with Crippen LogP contribution in [0.15, 0.2) is 23.1 Å². The van der Waals surface area contributed by atoms with Crippen LogP contribution in [-0.4, -0.2) is 14.3 Å². The number of anilines is 1. The molecule has 0 heterocycles. The van der Waals surface area contributed by atoms with Crippen molar-refractivity contribution < 1.29 is 13.2 Å². The molecule has 1 N–H and O–H groups in total. The lowest BCUT2D eigenvalue weighted by Gasteiger charge is -2.11. The summed E-state index contributed by atoms with van der Waals surface area (Å²) in [5.41, 5.74) is 1.32. The first-order valence-electron chi connectivity index (χ1n) is 7.21. The number of benzene rings is 1. The van der Waals surface area contributed by atoms with E-state index in [9.17, 15) is 13.2 Å². The predicted molar refractivity (Wildman–Crippen MR) is 84.0 cm³/mol. The van der Waals surface area contributed by atoms with Crippen LogP contribution in [0.5, 0.6) is 0 Å². The van der Waals surface area contributed by atoms with Crippen molar-refractivity contribution in [1.82, 2.24) is 0 Å². The van der Waals surface area contributed by atoms with Crippen LogP contribution in [0.3, 0.4) is 0 Å². The maximum absolute atomic E-state index is 11.9. The van der Waals surface area contributed by atoms with Gasteiger partial charge in [0.05, 0.1) is 4.90 Å². The normalized spacial score (nSPS) is 16.1. The fourth-order valence-electron chi connectivity index (χ4n) is 2.78. The van der Waals surface area contributed by atoms with Gasteiger partial charge in [0.15, 0.2) is 0 Å². The van der Waals surface area contributed by atoms with Gasteiger partial charge in [0.1, 0.15) is 0 Å². The number of amides is 1. The fourth-order valence-corrected chi connectivity index (χ4v) is 3.61. The predicted octanol–water partition coefficient (Wildman–Crippen LogP) is 3.83. The Kier molecular flexibility index (Phi) is 5.27. The Balaban J connectivity index is 1.94. The Morgan fingerprint density at radius 2 is 2.00 bits per heavy atom. The third kappa shape index (κ3) is 4.71. The Morgan fingerprint density at radius 1 is 1.33 bits per heavy atom. The molecule has 1 aromatic carbocycles. The molecule has 0 radical (unpaired) electrons. The van der Waals surface area contributed by atoms with E-state index >= 15 is 0 Å². The number of hydrogen-bond acceptors (Lipinski definition) is 3. The van der Waals surface area contributed by atoms with Crippen LogP contribution in [0.2, 0.25) is 0 Å². The molecule has 4 nitrogen and oxygen atoms in total. The Morgan fingerprint density at radius 3 is 2.57 bits per heavy atom. The molecule has 1 aliphatic rings. The summed E-state index contributed by atoms with van der Waals surface area (Å²) in [5, 5.41) is 2.84. The molecular formula is C15H20ClNO3S. The van der Waals surface area contributed by atoms with E-state index in [2.05, 4.69) is 5.32 Å². The molecule has 2 rings (SSSR count). The van der Waals surface area contributed by atoms with E-state index in [1.165, 1.54) is 37.8 Å². The van der Waals surface area contributed by atoms with E-state index in [0.29, 0.717) is 23.6 Å². The quantitative estimate of drug-likeness (QED) is 0.835. The lowest BCUT2D eigenvalue weighted by atomic mass is 10.0. The summed E-state index contributed by atoms with van der Waals surface area (Å²) in [6.45, 7) is 1.75. The monoisotopic (exact) mass is 329 g/mol. The van der Waals surface area contributed by atoms with Gasteiger partial charge in [0, 0.05) is 22.8 Å². The standard InChI is InChI=1S/C15H20ClNO3S/c1-11-10-13(21(16,19)20)7-8-14(11)17-15(18)9-6-12-4-2-3-5-12/h7-8,10,12H,2-6,9H2,1H3,(H,17,18). The van der Waals surface area contributed by atoms with Crippen molar-refractivity contribution in [1.29, 1.82) is 0 Å². The minimum absolute atomic E-state index is 0.0218. The van der Waals surface area contributed by atoms with Gasteiger partial charge in [-0.15, -0.1) is 0 Å². The van der Waals surface area contributed by atoms with Gasteiger partial charge in [0.25, 0.3) is 9.05 Å². The van der Waals surface area contributed by atoms with Crippen molar-refractivity contribution in [2.24, 2.45) is 5.92 Å². The lowest BCUT2D eigenvalue weighted by Crippen LogP contribution is -2.13. The van der Waals surface area contributed by atoms with Crippen molar-refractivity contribution in [3.63, 3.8) is 0 Å². The van der Waals surface area contributed by atoms with Gasteiger partial charge >= 0.3 is 0 Å². The highest BCUT2D eigenvalue weighted by atomic mass is 35.7. The Hall–Kier alpha value is -1.07. The van der Waals surface area contributed by atoms with Gasteiger partial charge in [-0.25, -0.2) is 8.42 Å². The number of nitrogens with one attached hydrogen (secondary N) is 1. The zero-order chi connectivity index (χ0) is 15.5. The first-order chi connectivity index (χ1) is 9.86. The summed E-state index contributed by atoms with van der Waals surface area (Å²) in [4.78, 5) is 12.0. The molecule has 1 saturated carbocycles. The minimum atomic E-state index is -3.73. The van der Waals surface area contributed by atoms with Crippen LogP contribution < -0.4 is 5.32 Å². The van der Waals surface area contributed by atoms with Crippen LogP contribution in [0, 0.1) is 12.8 Å². The first-order valence-corrected chi connectivity index (χ1v) is 9.52. The minimum Gasteiger partial charge on any atom is -0.326 e. The summed E-state index contributed by atoms with van der Waals surface area (Å²) in [5.74, 6) is 0.659. The molecule has 0 unspecified atom stereocenters. The highest BCUT2D eigenvalue weighted by molar-refractivity contribution is 8.13. The van der Waals surface area contributed by atoms with Gasteiger partial charge in [-0.2, -0.15) is 0 Å². The van der Waals surface area contributed by atoms with E-state index in [1.807, 2.05) is 0 Å². The fraction of sp³-hybridized carbons (Fsp3) is 0.533. The van der Waals surface area contributed by atoms with Gasteiger partial charge in [-0.05, 0) is 43.0 Å². The second kappa shape index (κ2) is 6.79. The zero-order valence-corrected chi connectivity index (χ0v) is 13.6. The third-order valence-corrected chi connectivity index (χ3v) is 5.36. The average Bonchev–Trinajstić information content (AvgIpc) is 2.91. The summed E-state index contributed by atoms with van der Waals surface area (Å²) in [6.07, 6.45) is 6.46. The molecule has 0 saturated heterocycles. The van der Waals surface area contributed by atoms with Crippen LogP contribution in [0.4, 0.5) is 5.69 Å². The molecule has 21 heavy (non-hydrogen) atoms. The van der Waals surface area contributed by atoms with Gasteiger partial charge in [0.2, 0.25) is 5.91 Å². The lowest BCUT2D eigenvalue weighted by molar-refractivity contribution is -0.116. The number of carbonyl (C=O) groups excluding carboxylic acids is 1. The molecule has 0 spiro atoms. The average molecular weight is 330 g/mol. The first kappa shape index (κ1) is 16.3. The molecule has 1 fully saturated rings. The molecule has 0 atom stereocenters. The summed E-state index contributed by atoms with van der Waals surface area (Å²) in [7, 11) is 1.56. The third-order valence-electron chi connectivity index (χ3n) is 4.01. The summed E-state index contributed by atoms with van der Waals surface area (Å²) >= 11 is 0. The number of halogens is 1. The Labute approximate surface area is 130 Å². The van der Waals surface area contributed by atoms with E-state index in [1.54, 1.807) is 13.0 Å². The van der Waals surface area contributed by atoms with Crippen molar-refractivity contribution >= 4 is 31.3 Å². The number of hydrogen-bond donors (Lipinski definition) is 1. The molecule has 1 aliphatic carbocycles. The topological polar surface area (TPSA) is 63.2 Å². The largest absolute Gasteiger partial charge is 0.326 e. The molecule has 0 aromatic heterocycles. The number of aryl methyl sites for hydroxylation is 1. The maximum atomic E-state index is 11.9. The van der Waals surface area contributed by atoms with Crippen LogP contribution in [-0.2, 0) is 13.8 Å². The Bertz CT molecular complexity index is 622. The molecule has 6 heteroatoms. The van der Waals surface area contributed by atoms with E-state index in [-0.39, 0.29) is 10.8 Å². The van der Waals surface area contributed by atoms with Crippen LogP contribution in [0.25, 0.3) is 0 Å². The van der Waals surface area contributed by atoms with Crippen molar-refractivity contribution in [3.8, 4) is 0 Å². The SMILES string of the molecule is Cc1cc(S(=O)(=O)Cl)ccc1NC(=O)CCC1CCCC1. The van der Waals surface area contributed by atoms with Gasteiger partial charge < -0.3 is 5.32 Å². The van der Waals surface area contributed by atoms with Crippen molar-refractivity contribution in [3.05, 3.63) is 23.8 Å². The maximum Gasteiger partial charge on any atom is 0.261 e. The number of carbonyl (C=O) groups is 1. The second-order valence-electron chi connectivity index (χ2n) is 5.65. The second-order valence-corrected chi connectivity index (χ2v) is 8.22. The molecule has 0 aliphatic heterocycles. The molecule has 1 amide bonds. The summed E-state index contributed by atoms with van der Waals surface area (Å²) in [6, 6.07) is 4.45. The van der Waals surface area contributed by atoms with Crippen LogP contribution >= 0.6 is 10.7 Å². The molecular weight excluding hydrogens is 310 g/mol. The van der Waals surface area contributed by atoms with E-state index in [0.717, 1.165) is 6.42 Å². The molecule has 0 bridgehead atoms.